The van der Waals surface area contributed by atoms with Gasteiger partial charge in [-0.1, -0.05) is 38.1 Å². The van der Waals surface area contributed by atoms with E-state index < -0.39 is 0 Å². The van der Waals surface area contributed by atoms with Crippen LogP contribution in [0.5, 0.6) is 0 Å². The van der Waals surface area contributed by atoms with Gasteiger partial charge in [0.05, 0.1) is 0 Å². The molecule has 0 aromatic heterocycles. The van der Waals surface area contributed by atoms with Crippen molar-refractivity contribution in [2.45, 2.75) is 19.8 Å². The van der Waals surface area contributed by atoms with Gasteiger partial charge in [0.15, 0.2) is 0 Å². The normalized spacial score (nSPS) is 15.4. The number of halogens is 1. The van der Waals surface area contributed by atoms with Crippen molar-refractivity contribution < 1.29 is 4.79 Å². The fourth-order valence-electron chi connectivity index (χ4n) is 2.45. The highest BCUT2D eigenvalue weighted by Gasteiger charge is 2.23. The highest BCUT2D eigenvalue weighted by Crippen LogP contribution is 2.34. The van der Waals surface area contributed by atoms with E-state index in [1.165, 1.54) is 5.56 Å². The lowest BCUT2D eigenvalue weighted by atomic mass is 9.99. The van der Waals surface area contributed by atoms with Gasteiger partial charge in [-0.2, -0.15) is 0 Å². The van der Waals surface area contributed by atoms with Crippen molar-refractivity contribution in [3.8, 4) is 0 Å². The Morgan fingerprint density at radius 1 is 1.10 bits per heavy atom. The fraction of sp³-hybridized carbons (Fsp3) is 0.167. The zero-order valence-corrected chi connectivity index (χ0v) is 14.1. The molecule has 0 saturated heterocycles. The Balaban J connectivity index is 2.00. The van der Waals surface area contributed by atoms with Crippen LogP contribution >= 0.6 is 22.6 Å². The maximum Gasteiger partial charge on any atom is 0.256 e. The molecular weight excluding hydrogens is 373 g/mol. The van der Waals surface area contributed by atoms with Crippen LogP contribution in [0.15, 0.2) is 42.5 Å². The molecule has 2 aromatic carbocycles. The molecule has 3 rings (SSSR count). The Labute approximate surface area is 138 Å². The van der Waals surface area contributed by atoms with Crippen molar-refractivity contribution in [3.05, 3.63) is 62.7 Å². The maximum atomic E-state index is 12.1. The third kappa shape index (κ3) is 2.88. The summed E-state index contributed by atoms with van der Waals surface area (Å²) in [4.78, 5) is 12.1. The van der Waals surface area contributed by atoms with E-state index in [-0.39, 0.29) is 5.91 Å². The molecule has 2 aromatic rings. The van der Waals surface area contributed by atoms with Crippen LogP contribution in [-0.4, -0.2) is 5.91 Å². The summed E-state index contributed by atoms with van der Waals surface area (Å²) in [5, 5.41) is 2.91. The van der Waals surface area contributed by atoms with Crippen LogP contribution in [0.4, 0.5) is 5.69 Å². The maximum absolute atomic E-state index is 12.1. The number of benzene rings is 2. The van der Waals surface area contributed by atoms with Crippen LogP contribution in [0.3, 0.4) is 0 Å². The largest absolute Gasteiger partial charge is 0.321 e. The summed E-state index contributed by atoms with van der Waals surface area (Å²) in [6.45, 7) is 4.35. The molecule has 106 valence electrons. The van der Waals surface area contributed by atoms with Crippen molar-refractivity contribution in [2.24, 2.45) is 0 Å². The molecule has 0 saturated carbocycles. The van der Waals surface area contributed by atoms with E-state index in [1.54, 1.807) is 0 Å². The van der Waals surface area contributed by atoms with Crippen molar-refractivity contribution in [1.29, 1.82) is 0 Å². The molecule has 0 spiro atoms. The number of anilines is 1. The number of hydrogen-bond donors (Lipinski definition) is 1. The second-order valence-corrected chi connectivity index (χ2v) is 6.77. The smallest absolute Gasteiger partial charge is 0.256 e. The number of amides is 1. The van der Waals surface area contributed by atoms with Gasteiger partial charge < -0.3 is 5.32 Å². The van der Waals surface area contributed by atoms with E-state index in [4.69, 9.17) is 0 Å². The van der Waals surface area contributed by atoms with Crippen molar-refractivity contribution in [3.63, 3.8) is 0 Å². The van der Waals surface area contributed by atoms with Gasteiger partial charge in [-0.15, -0.1) is 0 Å². The number of nitrogens with one attached hydrogen (secondary N) is 1. The summed E-state index contributed by atoms with van der Waals surface area (Å²) in [6, 6.07) is 14.4. The highest BCUT2D eigenvalue weighted by atomic mass is 127. The quantitative estimate of drug-likeness (QED) is 0.574. The van der Waals surface area contributed by atoms with Gasteiger partial charge in [-0.3, -0.25) is 4.79 Å². The number of carbonyl (C=O) groups excluding carboxylic acids is 1. The molecule has 0 bridgehead atoms. The van der Waals surface area contributed by atoms with Gasteiger partial charge in [-0.25, -0.2) is 0 Å². The lowest BCUT2D eigenvalue weighted by Gasteiger charge is -2.05. The molecule has 0 fully saturated rings. The SMILES string of the molecule is CC(C)c1ccc(C=C2C(=O)Nc3ccc(I)cc32)cc1. The number of hydrogen-bond acceptors (Lipinski definition) is 1. The summed E-state index contributed by atoms with van der Waals surface area (Å²) in [5.74, 6) is 0.490. The minimum absolute atomic E-state index is 0.0278. The van der Waals surface area contributed by atoms with E-state index in [0.29, 0.717) is 5.92 Å². The van der Waals surface area contributed by atoms with E-state index >= 15 is 0 Å². The third-order valence-electron chi connectivity index (χ3n) is 3.68. The minimum atomic E-state index is -0.0278. The molecule has 1 N–H and O–H groups in total. The lowest BCUT2D eigenvalue weighted by Crippen LogP contribution is -2.03. The Bertz CT molecular complexity index is 729. The number of carbonyl (C=O) groups is 1. The molecule has 1 aliphatic heterocycles. The zero-order chi connectivity index (χ0) is 15.0. The first kappa shape index (κ1) is 14.3. The van der Waals surface area contributed by atoms with Crippen LogP contribution < -0.4 is 5.32 Å². The highest BCUT2D eigenvalue weighted by molar-refractivity contribution is 14.1. The van der Waals surface area contributed by atoms with E-state index in [9.17, 15) is 4.79 Å². The van der Waals surface area contributed by atoms with Gasteiger partial charge in [0.2, 0.25) is 0 Å². The number of rotatable bonds is 2. The Kier molecular flexibility index (Phi) is 3.85. The Hall–Kier alpha value is -1.62. The molecule has 3 heteroatoms. The van der Waals surface area contributed by atoms with Gasteiger partial charge in [0.1, 0.15) is 0 Å². The van der Waals surface area contributed by atoms with Crippen molar-refractivity contribution in [2.75, 3.05) is 5.32 Å². The molecule has 21 heavy (non-hydrogen) atoms. The van der Waals surface area contributed by atoms with E-state index in [1.807, 2.05) is 24.3 Å². The summed E-state index contributed by atoms with van der Waals surface area (Å²) in [5.41, 5.74) is 4.98. The van der Waals surface area contributed by atoms with Gasteiger partial charge in [0.25, 0.3) is 5.91 Å². The van der Waals surface area contributed by atoms with E-state index in [0.717, 1.165) is 26.0 Å². The Morgan fingerprint density at radius 3 is 2.48 bits per heavy atom. The molecule has 1 amide bonds. The molecule has 2 nitrogen and oxygen atoms in total. The predicted molar refractivity (Wildman–Crippen MR) is 96.2 cm³/mol. The van der Waals surface area contributed by atoms with Gasteiger partial charge in [-0.05, 0) is 63.9 Å². The molecule has 0 atom stereocenters. The predicted octanol–water partition coefficient (Wildman–Crippen LogP) is 4.91. The van der Waals surface area contributed by atoms with Crippen LogP contribution in [0.1, 0.15) is 36.5 Å². The molecule has 0 unspecified atom stereocenters. The molecular formula is C18H16INO. The standard InChI is InChI=1S/C18H16INO/c1-11(2)13-5-3-12(4-6-13)9-16-15-10-14(19)7-8-17(15)20-18(16)21/h3-11H,1-2H3,(H,20,21). The molecule has 1 heterocycles. The second-order valence-electron chi connectivity index (χ2n) is 5.52. The lowest BCUT2D eigenvalue weighted by molar-refractivity contribution is -0.110. The van der Waals surface area contributed by atoms with Crippen LogP contribution in [0, 0.1) is 3.57 Å². The van der Waals surface area contributed by atoms with Crippen molar-refractivity contribution in [1.82, 2.24) is 0 Å². The molecule has 0 radical (unpaired) electrons. The molecule has 1 aliphatic rings. The summed E-state index contributed by atoms with van der Waals surface area (Å²) >= 11 is 2.27. The summed E-state index contributed by atoms with van der Waals surface area (Å²) in [7, 11) is 0. The van der Waals surface area contributed by atoms with Gasteiger partial charge >= 0.3 is 0 Å². The fourth-order valence-corrected chi connectivity index (χ4v) is 2.94. The van der Waals surface area contributed by atoms with E-state index in [2.05, 4.69) is 66.0 Å². The van der Waals surface area contributed by atoms with Crippen LogP contribution in [-0.2, 0) is 4.79 Å². The third-order valence-corrected chi connectivity index (χ3v) is 4.35. The van der Waals surface area contributed by atoms with Crippen molar-refractivity contribution >= 4 is 45.8 Å². The first-order valence-electron chi connectivity index (χ1n) is 6.97. The minimum Gasteiger partial charge on any atom is -0.321 e. The van der Waals surface area contributed by atoms with Crippen LogP contribution in [0.2, 0.25) is 0 Å². The molecule has 0 aliphatic carbocycles. The zero-order valence-electron chi connectivity index (χ0n) is 12.0. The first-order valence-corrected chi connectivity index (χ1v) is 8.05. The summed E-state index contributed by atoms with van der Waals surface area (Å²) < 4.78 is 1.13. The van der Waals surface area contributed by atoms with Crippen LogP contribution in [0.25, 0.3) is 11.6 Å². The average molecular weight is 389 g/mol. The topological polar surface area (TPSA) is 29.1 Å². The monoisotopic (exact) mass is 389 g/mol. The average Bonchev–Trinajstić information content (AvgIpc) is 2.76. The Morgan fingerprint density at radius 2 is 1.81 bits per heavy atom. The summed E-state index contributed by atoms with van der Waals surface area (Å²) in [6.07, 6.45) is 1.96. The number of fused-ring (bicyclic) bond motifs is 1. The second kappa shape index (κ2) is 5.64. The van der Waals surface area contributed by atoms with Gasteiger partial charge in [0, 0.05) is 20.4 Å². The first-order chi connectivity index (χ1) is 10.0.